The Morgan fingerprint density at radius 3 is 2.02 bits per heavy atom. The average Bonchev–Trinajstić information content (AvgIpc) is 3.27. The van der Waals surface area contributed by atoms with Crippen LogP contribution in [0.15, 0.2) is 47.6 Å². The van der Waals surface area contributed by atoms with Crippen LogP contribution in [0.4, 0.5) is 0 Å². The number of benzene rings is 2. The summed E-state index contributed by atoms with van der Waals surface area (Å²) in [7, 11) is 4.51. The van der Waals surface area contributed by atoms with Crippen LogP contribution in [0.2, 0.25) is 0 Å². The molecule has 1 unspecified atom stereocenters. The van der Waals surface area contributed by atoms with E-state index in [1.165, 1.54) is 43.5 Å². The Hall–Kier alpha value is -6.90. The second-order valence-corrected chi connectivity index (χ2v) is 13.0. The Morgan fingerprint density at radius 1 is 0.742 bits per heavy atom. The molecule has 0 radical (unpaired) electrons. The number of carbonyl (C=O) groups excluding carboxylic acids is 8. The first kappa shape index (κ1) is 51.2. The number of carboxylic acids is 1. The van der Waals surface area contributed by atoms with Gasteiger partial charge in [0.2, 0.25) is 0 Å². The molecule has 336 valence electrons. The highest BCUT2D eigenvalue weighted by Crippen LogP contribution is 2.21. The quantitative estimate of drug-likeness (QED) is 0.0201. The molecule has 22 nitrogen and oxygen atoms in total. The molecule has 0 aliphatic rings. The summed E-state index contributed by atoms with van der Waals surface area (Å²) in [4.78, 5) is 115. The molecule has 0 bridgehead atoms. The minimum atomic E-state index is -1.31. The van der Waals surface area contributed by atoms with Gasteiger partial charge in [-0.3, -0.25) is 33.6 Å². The van der Waals surface area contributed by atoms with Crippen molar-refractivity contribution in [2.45, 2.75) is 57.2 Å². The number of esters is 4. The minimum absolute atomic E-state index is 0.0143. The number of carboxylic acid groups (broad SMARTS) is 1. The van der Waals surface area contributed by atoms with Crippen LogP contribution in [-0.2, 0) is 52.4 Å². The molecule has 0 spiro atoms. The molecule has 3 atom stereocenters. The zero-order chi connectivity index (χ0) is 46.0. The highest BCUT2D eigenvalue weighted by atomic mass is 16.6. The first-order valence-corrected chi connectivity index (χ1v) is 18.9. The number of nitrogens with zero attached hydrogens (tertiary/aromatic N) is 3. The zero-order valence-electron chi connectivity index (χ0n) is 34.6. The Balaban J connectivity index is 2.21. The molecule has 0 saturated heterocycles. The Morgan fingerprint density at radius 2 is 1.39 bits per heavy atom. The number of ether oxygens (including phenoxy) is 7. The van der Waals surface area contributed by atoms with Gasteiger partial charge in [0.25, 0.3) is 11.8 Å². The molecule has 0 aliphatic heterocycles. The van der Waals surface area contributed by atoms with Crippen LogP contribution < -0.4 is 15.4 Å². The third-order valence-corrected chi connectivity index (χ3v) is 8.68. The lowest BCUT2D eigenvalue weighted by Gasteiger charge is -2.17. The molecule has 0 saturated carbocycles. The number of Topliss-reactive ketones (excluding diaryl/α,β-unsaturated/α-hetero) is 2. The van der Waals surface area contributed by atoms with Crippen LogP contribution in [0.25, 0.3) is 10.4 Å². The van der Waals surface area contributed by atoms with Crippen LogP contribution in [0.5, 0.6) is 5.75 Å². The van der Waals surface area contributed by atoms with Crippen molar-refractivity contribution in [2.75, 3.05) is 61.4 Å². The molecule has 0 fully saturated rings. The Kier molecular flexibility index (Phi) is 23.0. The number of nitrogens with one attached hydrogen (secondary N) is 2. The Bertz CT molecular complexity index is 1890. The van der Waals surface area contributed by atoms with E-state index in [-0.39, 0.29) is 92.9 Å². The molecular formula is C40H49N5O17. The van der Waals surface area contributed by atoms with E-state index in [2.05, 4.69) is 30.1 Å². The van der Waals surface area contributed by atoms with Gasteiger partial charge in [-0.2, -0.15) is 0 Å². The lowest BCUT2D eigenvalue weighted by molar-refractivity contribution is -0.147. The second kappa shape index (κ2) is 27.8. The van der Waals surface area contributed by atoms with Crippen molar-refractivity contribution in [2.24, 2.45) is 11.0 Å². The summed E-state index contributed by atoms with van der Waals surface area (Å²) in [6.45, 7) is -0.911. The topological polar surface area (TPSA) is 311 Å². The van der Waals surface area contributed by atoms with Gasteiger partial charge in [-0.1, -0.05) is 11.2 Å². The summed E-state index contributed by atoms with van der Waals surface area (Å²) in [5.41, 5.74) is 8.58. The number of aliphatic carboxylic acids is 1. The van der Waals surface area contributed by atoms with Gasteiger partial charge in [0.1, 0.15) is 25.0 Å². The lowest BCUT2D eigenvalue weighted by atomic mass is 9.91. The molecule has 62 heavy (non-hydrogen) atoms. The predicted molar refractivity (Wildman–Crippen MR) is 212 cm³/mol. The number of carbonyl (C=O) groups is 9. The van der Waals surface area contributed by atoms with Gasteiger partial charge in [0, 0.05) is 59.4 Å². The highest BCUT2D eigenvalue weighted by molar-refractivity contribution is 6.06. The summed E-state index contributed by atoms with van der Waals surface area (Å²) in [6, 6.07) is 8.30. The van der Waals surface area contributed by atoms with Crippen molar-refractivity contribution in [1.82, 2.24) is 10.6 Å². The van der Waals surface area contributed by atoms with E-state index in [0.29, 0.717) is 0 Å². The number of hydrogen-bond acceptors (Lipinski definition) is 17. The smallest absolute Gasteiger partial charge is 0.329 e. The fraction of sp³-hybridized carbons (Fsp3) is 0.475. The van der Waals surface area contributed by atoms with E-state index >= 15 is 0 Å². The van der Waals surface area contributed by atoms with Crippen molar-refractivity contribution in [3.8, 4) is 5.75 Å². The van der Waals surface area contributed by atoms with E-state index in [1.807, 2.05) is 0 Å². The number of hydrogen-bond donors (Lipinski definition) is 3. The first-order chi connectivity index (χ1) is 29.6. The minimum Gasteiger partial charge on any atom is -0.491 e. The number of rotatable bonds is 29. The van der Waals surface area contributed by atoms with Crippen molar-refractivity contribution in [3.63, 3.8) is 0 Å². The van der Waals surface area contributed by atoms with Crippen molar-refractivity contribution >= 4 is 53.2 Å². The normalized spacial score (nSPS) is 11.9. The van der Waals surface area contributed by atoms with Gasteiger partial charge in [-0.25, -0.2) is 9.59 Å². The Labute approximate surface area is 355 Å². The maximum Gasteiger partial charge on any atom is 0.329 e. The lowest BCUT2D eigenvalue weighted by Crippen LogP contribution is -2.42. The average molecular weight is 872 g/mol. The zero-order valence-corrected chi connectivity index (χ0v) is 34.6. The monoisotopic (exact) mass is 871 g/mol. The molecule has 0 aliphatic carbocycles. The van der Waals surface area contributed by atoms with Gasteiger partial charge < -0.3 is 48.9 Å². The van der Waals surface area contributed by atoms with E-state index in [1.54, 1.807) is 6.07 Å². The number of methoxy groups -OCH3 is 4. The standard InChI is InChI=1S/C40H49N5O17/c1-56-35(50)12-10-25(39(54)58-3)21-32(47)27-17-26(18-28(19-27)38(53)43-30(40(55)59-4)11-13-36(51)57-2)31(46)9-6-14-42-37(52)24-7-5-8-29(20-24)62-22-33(44-45-41)61-16-15-60-23-34(48)49/h5,7-8,17-20,25,30,33H,6,9-16,21-23H2,1-4H3,(H,42,52)(H,43,53)(H,48,49)/t25-,30+,33?/m1/s1. The van der Waals surface area contributed by atoms with Crippen molar-refractivity contribution in [1.29, 1.82) is 0 Å². The number of ketones is 2. The van der Waals surface area contributed by atoms with E-state index in [0.717, 1.165) is 21.3 Å². The van der Waals surface area contributed by atoms with Crippen LogP contribution in [0.1, 0.15) is 86.4 Å². The molecule has 0 aromatic heterocycles. The molecule has 0 heterocycles. The molecule has 3 N–H and O–H groups in total. The van der Waals surface area contributed by atoms with E-state index < -0.39 is 84.4 Å². The summed E-state index contributed by atoms with van der Waals surface area (Å²) < 4.78 is 34.6. The maximum absolute atomic E-state index is 13.6. The summed E-state index contributed by atoms with van der Waals surface area (Å²) in [5, 5.41) is 17.2. The van der Waals surface area contributed by atoms with Gasteiger partial charge in [0.15, 0.2) is 17.8 Å². The molecule has 2 amide bonds. The summed E-state index contributed by atoms with van der Waals surface area (Å²) in [5.74, 6) is -7.55. The van der Waals surface area contributed by atoms with Crippen molar-refractivity contribution < 1.29 is 81.4 Å². The van der Waals surface area contributed by atoms with Crippen LogP contribution in [0.3, 0.4) is 0 Å². The summed E-state index contributed by atoms with van der Waals surface area (Å²) in [6.07, 6.45) is -2.34. The van der Waals surface area contributed by atoms with Crippen LogP contribution >= 0.6 is 0 Å². The highest BCUT2D eigenvalue weighted by Gasteiger charge is 2.28. The second-order valence-electron chi connectivity index (χ2n) is 13.0. The third kappa shape index (κ3) is 18.6. The first-order valence-electron chi connectivity index (χ1n) is 18.9. The fourth-order valence-corrected chi connectivity index (χ4v) is 5.45. The van der Waals surface area contributed by atoms with Gasteiger partial charge in [-0.15, -0.1) is 0 Å². The number of amides is 2. The molecular weight excluding hydrogens is 822 g/mol. The van der Waals surface area contributed by atoms with Gasteiger partial charge in [0.05, 0.1) is 47.6 Å². The van der Waals surface area contributed by atoms with Gasteiger partial charge >= 0.3 is 29.8 Å². The molecule has 2 rings (SSSR count). The van der Waals surface area contributed by atoms with E-state index in [4.69, 9.17) is 34.3 Å². The SMILES string of the molecule is COC(=O)CC[C@H](CC(=O)c1cc(C(=O)CCCNC(=O)c2cccc(OCC(N=[N+]=[N-])OCCOCC(=O)O)c2)cc(C(=O)N[C@@H](CCC(=O)OC)C(=O)OC)c1)C(=O)OC. The van der Waals surface area contributed by atoms with Crippen LogP contribution in [0, 0.1) is 5.92 Å². The molecule has 2 aromatic rings. The summed E-state index contributed by atoms with van der Waals surface area (Å²) >= 11 is 0. The van der Waals surface area contributed by atoms with Crippen LogP contribution in [-0.4, -0.2) is 132 Å². The fourth-order valence-electron chi connectivity index (χ4n) is 5.45. The molecule has 2 aromatic carbocycles. The van der Waals surface area contributed by atoms with Gasteiger partial charge in [-0.05, 0) is 61.2 Å². The molecule has 22 heteroatoms. The largest absolute Gasteiger partial charge is 0.491 e. The van der Waals surface area contributed by atoms with E-state index in [9.17, 15) is 43.2 Å². The predicted octanol–water partition coefficient (Wildman–Crippen LogP) is 2.75. The van der Waals surface area contributed by atoms with Crippen molar-refractivity contribution in [3.05, 3.63) is 75.2 Å². The third-order valence-electron chi connectivity index (χ3n) is 8.68. The number of azide groups is 1. The maximum atomic E-state index is 13.6.